The molecule has 6 nitrogen and oxygen atoms in total. The molecule has 0 saturated carbocycles. The van der Waals surface area contributed by atoms with E-state index in [4.69, 9.17) is 11.6 Å². The van der Waals surface area contributed by atoms with Crippen LogP contribution in [0.25, 0.3) is 0 Å². The van der Waals surface area contributed by atoms with Crippen LogP contribution in [0.5, 0.6) is 0 Å². The molecular formula is C22H25ClFN3O3S. The minimum atomic E-state index is -3.75. The Labute approximate surface area is 187 Å². The lowest BCUT2D eigenvalue weighted by atomic mass is 9.97. The molecule has 0 unspecified atom stereocenters. The molecule has 0 N–H and O–H groups in total. The molecule has 1 atom stereocenters. The molecule has 0 aliphatic carbocycles. The number of amides is 1. The third kappa shape index (κ3) is 4.86. The second kappa shape index (κ2) is 9.14. The van der Waals surface area contributed by atoms with E-state index >= 15 is 0 Å². The average Bonchev–Trinajstić information content (AvgIpc) is 2.79. The van der Waals surface area contributed by atoms with Crippen LogP contribution in [0.2, 0.25) is 5.02 Å². The van der Waals surface area contributed by atoms with Gasteiger partial charge in [0.05, 0.1) is 10.8 Å². The summed E-state index contributed by atoms with van der Waals surface area (Å²) in [6.45, 7) is 3.12. The van der Waals surface area contributed by atoms with E-state index in [-0.39, 0.29) is 23.3 Å². The van der Waals surface area contributed by atoms with Gasteiger partial charge in [0.2, 0.25) is 15.9 Å². The van der Waals surface area contributed by atoms with Crippen LogP contribution in [-0.2, 0) is 14.8 Å². The molecule has 9 heteroatoms. The monoisotopic (exact) mass is 465 g/mol. The van der Waals surface area contributed by atoms with Crippen LogP contribution in [-0.4, -0.2) is 62.8 Å². The number of benzene rings is 2. The molecule has 0 aromatic heterocycles. The van der Waals surface area contributed by atoms with Gasteiger partial charge in [-0.15, -0.1) is 0 Å². The van der Waals surface area contributed by atoms with Gasteiger partial charge in [-0.25, -0.2) is 12.8 Å². The zero-order chi connectivity index (χ0) is 22.0. The van der Waals surface area contributed by atoms with Crippen molar-refractivity contribution < 1.29 is 17.6 Å². The lowest BCUT2D eigenvalue weighted by Crippen LogP contribution is -2.53. The first-order valence-corrected chi connectivity index (χ1v) is 12.2. The van der Waals surface area contributed by atoms with E-state index < -0.39 is 15.8 Å². The maximum Gasteiger partial charge on any atom is 0.243 e. The fourth-order valence-electron chi connectivity index (χ4n) is 4.23. The van der Waals surface area contributed by atoms with Gasteiger partial charge in [0.1, 0.15) is 5.82 Å². The normalized spacial score (nSPS) is 20.6. The number of hydrogen-bond acceptors (Lipinski definition) is 4. The standard InChI is InChI=1S/C22H25ClFN3O3S/c23-18-4-1-5-20(15-18)25-11-13-26(14-12-25)22(28)17-3-2-10-27(16-17)31(29,30)21-8-6-19(24)7-9-21/h1,4-9,15,17H,2-3,10-14,16H2/t17-/m0/s1. The van der Waals surface area contributed by atoms with E-state index in [2.05, 4.69) is 4.90 Å². The van der Waals surface area contributed by atoms with Gasteiger partial charge >= 0.3 is 0 Å². The molecule has 166 valence electrons. The SMILES string of the molecule is O=C([C@H]1CCCN(S(=O)(=O)c2ccc(F)cc2)C1)N1CCN(c2cccc(Cl)c2)CC1. The van der Waals surface area contributed by atoms with Crippen molar-refractivity contribution in [1.82, 2.24) is 9.21 Å². The van der Waals surface area contributed by atoms with Gasteiger partial charge in [-0.3, -0.25) is 4.79 Å². The van der Waals surface area contributed by atoms with Crippen LogP contribution < -0.4 is 4.90 Å². The summed E-state index contributed by atoms with van der Waals surface area (Å²) in [4.78, 5) is 17.2. The van der Waals surface area contributed by atoms with Gasteiger partial charge in [0.15, 0.2) is 0 Å². The van der Waals surface area contributed by atoms with Crippen LogP contribution >= 0.6 is 11.6 Å². The van der Waals surface area contributed by atoms with Crippen molar-refractivity contribution in [3.63, 3.8) is 0 Å². The van der Waals surface area contributed by atoms with Crippen molar-refractivity contribution in [2.24, 2.45) is 5.92 Å². The number of nitrogens with zero attached hydrogens (tertiary/aromatic N) is 3. The molecule has 2 aliphatic heterocycles. The maximum absolute atomic E-state index is 13.2. The Balaban J connectivity index is 1.38. The Hall–Kier alpha value is -2.16. The summed E-state index contributed by atoms with van der Waals surface area (Å²) in [6.07, 6.45) is 1.29. The smallest absolute Gasteiger partial charge is 0.243 e. The van der Waals surface area contributed by atoms with Crippen molar-refractivity contribution in [3.8, 4) is 0 Å². The van der Waals surface area contributed by atoms with Crippen molar-refractivity contribution in [1.29, 1.82) is 0 Å². The van der Waals surface area contributed by atoms with Crippen molar-refractivity contribution in [3.05, 3.63) is 59.4 Å². The summed E-state index contributed by atoms with van der Waals surface area (Å²) in [5.74, 6) is -0.839. The third-order valence-electron chi connectivity index (χ3n) is 5.95. The summed E-state index contributed by atoms with van der Waals surface area (Å²) < 4.78 is 40.4. The molecule has 31 heavy (non-hydrogen) atoms. The molecule has 2 aliphatic rings. The number of piperidine rings is 1. The molecule has 0 bridgehead atoms. The molecule has 2 heterocycles. The highest BCUT2D eigenvalue weighted by Gasteiger charge is 2.35. The number of sulfonamides is 1. The summed E-state index contributed by atoms with van der Waals surface area (Å²) in [5.41, 5.74) is 1.04. The van der Waals surface area contributed by atoms with E-state index in [1.54, 1.807) is 0 Å². The van der Waals surface area contributed by atoms with Gasteiger partial charge in [0.25, 0.3) is 0 Å². The zero-order valence-corrected chi connectivity index (χ0v) is 18.7. The van der Waals surface area contributed by atoms with Crippen LogP contribution in [0.3, 0.4) is 0 Å². The number of anilines is 1. The lowest BCUT2D eigenvalue weighted by molar-refractivity contribution is -0.137. The second-order valence-electron chi connectivity index (χ2n) is 7.95. The van der Waals surface area contributed by atoms with E-state index in [0.717, 1.165) is 17.8 Å². The largest absolute Gasteiger partial charge is 0.368 e. The molecule has 2 aromatic carbocycles. The predicted octanol–water partition coefficient (Wildman–Crippen LogP) is 3.23. The Morgan fingerprint density at radius 3 is 2.39 bits per heavy atom. The van der Waals surface area contributed by atoms with Crippen molar-refractivity contribution in [2.75, 3.05) is 44.2 Å². The van der Waals surface area contributed by atoms with Gasteiger partial charge < -0.3 is 9.80 Å². The first-order chi connectivity index (χ1) is 14.8. The predicted molar refractivity (Wildman–Crippen MR) is 118 cm³/mol. The fourth-order valence-corrected chi connectivity index (χ4v) is 5.94. The van der Waals surface area contributed by atoms with Gasteiger partial charge in [-0.1, -0.05) is 17.7 Å². The highest BCUT2D eigenvalue weighted by Crippen LogP contribution is 2.26. The summed E-state index contributed by atoms with van der Waals surface area (Å²) in [5, 5.41) is 0.681. The van der Waals surface area contributed by atoms with E-state index in [9.17, 15) is 17.6 Å². The molecule has 0 spiro atoms. The number of carbonyl (C=O) groups is 1. The van der Waals surface area contributed by atoms with Crippen molar-refractivity contribution >= 4 is 33.2 Å². The Morgan fingerprint density at radius 1 is 1.00 bits per heavy atom. The number of piperazine rings is 1. The van der Waals surface area contributed by atoms with E-state index in [0.29, 0.717) is 50.6 Å². The first kappa shape index (κ1) is 22.0. The topological polar surface area (TPSA) is 60.9 Å². The second-order valence-corrected chi connectivity index (χ2v) is 10.3. The van der Waals surface area contributed by atoms with E-state index in [1.165, 1.54) is 16.4 Å². The number of rotatable bonds is 4. The van der Waals surface area contributed by atoms with Gasteiger partial charge in [-0.05, 0) is 55.3 Å². The van der Waals surface area contributed by atoms with Crippen molar-refractivity contribution in [2.45, 2.75) is 17.7 Å². The lowest BCUT2D eigenvalue weighted by Gasteiger charge is -2.39. The van der Waals surface area contributed by atoms with Crippen LogP contribution in [0, 0.1) is 11.7 Å². The van der Waals surface area contributed by atoms with Crippen LogP contribution in [0.4, 0.5) is 10.1 Å². The molecule has 4 rings (SSSR count). The molecule has 2 fully saturated rings. The fraction of sp³-hybridized carbons (Fsp3) is 0.409. The first-order valence-electron chi connectivity index (χ1n) is 10.4. The quantitative estimate of drug-likeness (QED) is 0.695. The minimum Gasteiger partial charge on any atom is -0.368 e. The minimum absolute atomic E-state index is 0.00440. The number of halogens is 2. The summed E-state index contributed by atoms with van der Waals surface area (Å²) in [6, 6.07) is 12.5. The van der Waals surface area contributed by atoms with Gasteiger partial charge in [-0.2, -0.15) is 4.31 Å². The molecule has 1 amide bonds. The third-order valence-corrected chi connectivity index (χ3v) is 8.06. The summed E-state index contributed by atoms with van der Waals surface area (Å²) >= 11 is 6.08. The number of carbonyl (C=O) groups excluding carboxylic acids is 1. The average molecular weight is 466 g/mol. The van der Waals surface area contributed by atoms with Crippen LogP contribution in [0.1, 0.15) is 12.8 Å². The molecular weight excluding hydrogens is 441 g/mol. The zero-order valence-electron chi connectivity index (χ0n) is 17.1. The van der Waals surface area contributed by atoms with Crippen LogP contribution in [0.15, 0.2) is 53.4 Å². The molecule has 2 saturated heterocycles. The Kier molecular flexibility index (Phi) is 6.50. The summed E-state index contributed by atoms with van der Waals surface area (Å²) in [7, 11) is -3.75. The Bertz CT molecular complexity index is 1040. The number of hydrogen-bond donors (Lipinski definition) is 0. The van der Waals surface area contributed by atoms with Gasteiger partial charge in [0, 0.05) is 50.0 Å². The highest BCUT2D eigenvalue weighted by atomic mass is 35.5. The van der Waals surface area contributed by atoms with E-state index in [1.807, 2.05) is 29.2 Å². The molecule has 2 aromatic rings. The highest BCUT2D eigenvalue weighted by molar-refractivity contribution is 7.89. The maximum atomic E-state index is 13.2. The molecule has 0 radical (unpaired) electrons. The Morgan fingerprint density at radius 2 is 1.71 bits per heavy atom.